The molecule has 0 aliphatic heterocycles. The summed E-state index contributed by atoms with van der Waals surface area (Å²) in [5.74, 6) is 1.49. The molecule has 1 aliphatic rings. The number of benzene rings is 2. The van der Waals surface area contributed by atoms with Crippen LogP contribution in [0.1, 0.15) is 37.4 Å². The third-order valence-electron chi connectivity index (χ3n) is 4.29. The smallest absolute Gasteiger partial charge is 0.159 e. The van der Waals surface area contributed by atoms with E-state index < -0.39 is 0 Å². The van der Waals surface area contributed by atoms with E-state index >= 15 is 0 Å². The first-order chi connectivity index (χ1) is 10.3. The van der Waals surface area contributed by atoms with Gasteiger partial charge in [-0.3, -0.25) is 0 Å². The zero-order valence-electron chi connectivity index (χ0n) is 11.5. The van der Waals surface area contributed by atoms with Crippen molar-refractivity contribution in [2.24, 2.45) is 0 Å². The monoisotopic (exact) mass is 342 g/mol. The van der Waals surface area contributed by atoms with Crippen LogP contribution in [0.4, 0.5) is 0 Å². The lowest BCUT2D eigenvalue weighted by atomic mass is 10.1. The molecule has 0 bridgehead atoms. The molecule has 0 amide bonds. The molecule has 2 aromatic carbocycles. The molecule has 1 saturated carbocycles. The van der Waals surface area contributed by atoms with E-state index in [1.165, 1.54) is 36.5 Å². The first-order valence-electron chi connectivity index (χ1n) is 7.30. The van der Waals surface area contributed by atoms with E-state index in [1.54, 1.807) is 0 Å². The number of tetrazole rings is 1. The Kier molecular flexibility index (Phi) is 3.22. The van der Waals surface area contributed by atoms with Gasteiger partial charge in [0.2, 0.25) is 0 Å². The van der Waals surface area contributed by atoms with Crippen molar-refractivity contribution in [2.45, 2.75) is 31.6 Å². The van der Waals surface area contributed by atoms with Crippen molar-refractivity contribution in [3.63, 3.8) is 0 Å². The summed E-state index contributed by atoms with van der Waals surface area (Å²) in [5, 5.41) is 14.8. The molecule has 3 aromatic rings. The maximum atomic E-state index is 4.29. The Bertz CT molecular complexity index is 790. The average molecular weight is 343 g/mol. The zero-order valence-corrected chi connectivity index (χ0v) is 13.1. The van der Waals surface area contributed by atoms with E-state index in [9.17, 15) is 0 Å². The molecule has 0 spiro atoms. The van der Waals surface area contributed by atoms with Gasteiger partial charge in [0.15, 0.2) is 5.82 Å². The van der Waals surface area contributed by atoms with Gasteiger partial charge in [0.25, 0.3) is 0 Å². The standard InChI is InChI=1S/C16H15BrN4/c17-14-9-10-15(13-8-4-3-7-12(13)14)21-16(18-19-20-21)11-5-1-2-6-11/h3-4,7-11H,1-2,5-6H2. The number of fused-ring (bicyclic) bond motifs is 1. The molecule has 1 aromatic heterocycles. The number of halogens is 1. The van der Waals surface area contributed by atoms with Gasteiger partial charge in [0, 0.05) is 15.8 Å². The highest BCUT2D eigenvalue weighted by molar-refractivity contribution is 9.10. The van der Waals surface area contributed by atoms with E-state index in [0.717, 1.165) is 16.0 Å². The molecule has 4 nitrogen and oxygen atoms in total. The fourth-order valence-corrected chi connectivity index (χ4v) is 3.71. The van der Waals surface area contributed by atoms with Crippen LogP contribution in [0.5, 0.6) is 0 Å². The van der Waals surface area contributed by atoms with Crippen molar-refractivity contribution in [1.82, 2.24) is 20.2 Å². The zero-order chi connectivity index (χ0) is 14.2. The van der Waals surface area contributed by atoms with Crippen LogP contribution in [-0.4, -0.2) is 20.2 Å². The molecule has 106 valence electrons. The molecule has 1 aliphatic carbocycles. The van der Waals surface area contributed by atoms with Crippen LogP contribution < -0.4 is 0 Å². The van der Waals surface area contributed by atoms with E-state index in [-0.39, 0.29) is 0 Å². The Morgan fingerprint density at radius 1 is 1.00 bits per heavy atom. The van der Waals surface area contributed by atoms with Gasteiger partial charge in [-0.15, -0.1) is 5.10 Å². The van der Waals surface area contributed by atoms with E-state index in [4.69, 9.17) is 0 Å². The molecular formula is C16H15BrN4. The van der Waals surface area contributed by atoms with E-state index in [0.29, 0.717) is 5.92 Å². The minimum atomic E-state index is 0.488. The Labute approximate surface area is 131 Å². The molecule has 0 radical (unpaired) electrons. The lowest BCUT2D eigenvalue weighted by Crippen LogP contribution is -2.07. The van der Waals surface area contributed by atoms with Crippen molar-refractivity contribution in [3.05, 3.63) is 46.7 Å². The summed E-state index contributed by atoms with van der Waals surface area (Å²) in [6, 6.07) is 12.5. The molecule has 21 heavy (non-hydrogen) atoms. The van der Waals surface area contributed by atoms with Crippen LogP contribution in [0, 0.1) is 0 Å². The normalized spacial score (nSPS) is 15.9. The van der Waals surface area contributed by atoms with Crippen molar-refractivity contribution >= 4 is 26.7 Å². The van der Waals surface area contributed by atoms with Crippen LogP contribution in [0.25, 0.3) is 16.5 Å². The maximum Gasteiger partial charge on any atom is 0.159 e. The summed E-state index contributed by atoms with van der Waals surface area (Å²) < 4.78 is 3.02. The summed E-state index contributed by atoms with van der Waals surface area (Å²) in [7, 11) is 0. The molecule has 0 N–H and O–H groups in total. The van der Waals surface area contributed by atoms with Gasteiger partial charge >= 0.3 is 0 Å². The van der Waals surface area contributed by atoms with E-state index in [1.807, 2.05) is 10.7 Å². The third-order valence-corrected chi connectivity index (χ3v) is 4.98. The second-order valence-corrected chi connectivity index (χ2v) is 6.40. The fraction of sp³-hybridized carbons (Fsp3) is 0.312. The van der Waals surface area contributed by atoms with Crippen molar-refractivity contribution in [1.29, 1.82) is 0 Å². The first-order valence-corrected chi connectivity index (χ1v) is 8.10. The Balaban J connectivity index is 1.92. The quantitative estimate of drug-likeness (QED) is 0.699. The molecule has 4 rings (SSSR count). The Morgan fingerprint density at radius 2 is 1.76 bits per heavy atom. The summed E-state index contributed by atoms with van der Waals surface area (Å²) in [5.41, 5.74) is 1.06. The second-order valence-electron chi connectivity index (χ2n) is 5.54. The number of nitrogens with zero attached hydrogens (tertiary/aromatic N) is 4. The van der Waals surface area contributed by atoms with Gasteiger partial charge in [0.1, 0.15) is 0 Å². The van der Waals surface area contributed by atoms with Crippen LogP contribution in [0.15, 0.2) is 40.9 Å². The second kappa shape index (κ2) is 5.22. The predicted octanol–water partition coefficient (Wildman–Crippen LogP) is 4.24. The van der Waals surface area contributed by atoms with Gasteiger partial charge in [-0.1, -0.05) is 53.0 Å². The summed E-state index contributed by atoms with van der Waals surface area (Å²) in [6.07, 6.45) is 4.93. The van der Waals surface area contributed by atoms with Gasteiger partial charge in [-0.25, -0.2) is 0 Å². The molecule has 1 fully saturated rings. The van der Waals surface area contributed by atoms with Crippen molar-refractivity contribution in [3.8, 4) is 5.69 Å². The van der Waals surface area contributed by atoms with Gasteiger partial charge in [-0.2, -0.15) is 4.68 Å². The predicted molar refractivity (Wildman–Crippen MR) is 85.6 cm³/mol. The SMILES string of the molecule is Brc1ccc(-n2nnnc2C2CCCC2)c2ccccc12. The summed E-state index contributed by atoms with van der Waals surface area (Å²) in [6.45, 7) is 0. The summed E-state index contributed by atoms with van der Waals surface area (Å²) >= 11 is 3.62. The molecule has 1 heterocycles. The Hall–Kier alpha value is -1.75. The number of aromatic nitrogens is 4. The number of hydrogen-bond acceptors (Lipinski definition) is 3. The minimum absolute atomic E-state index is 0.488. The number of rotatable bonds is 2. The molecule has 0 unspecified atom stereocenters. The molecule has 0 saturated heterocycles. The van der Waals surface area contributed by atoms with Gasteiger partial charge in [-0.05, 0) is 40.8 Å². The van der Waals surface area contributed by atoms with Crippen LogP contribution in [0.3, 0.4) is 0 Å². The lowest BCUT2D eigenvalue weighted by Gasteiger charge is -2.12. The van der Waals surface area contributed by atoms with Crippen LogP contribution in [-0.2, 0) is 0 Å². The third kappa shape index (κ3) is 2.16. The fourth-order valence-electron chi connectivity index (χ4n) is 3.24. The first kappa shape index (κ1) is 13.0. The molecule has 0 atom stereocenters. The average Bonchev–Trinajstić information content (AvgIpc) is 3.19. The molecular weight excluding hydrogens is 328 g/mol. The highest BCUT2D eigenvalue weighted by Gasteiger charge is 2.24. The highest BCUT2D eigenvalue weighted by Crippen LogP contribution is 2.35. The van der Waals surface area contributed by atoms with Gasteiger partial charge < -0.3 is 0 Å². The Morgan fingerprint density at radius 3 is 2.57 bits per heavy atom. The summed E-state index contributed by atoms with van der Waals surface area (Å²) in [4.78, 5) is 0. The minimum Gasteiger partial charge on any atom is -0.196 e. The van der Waals surface area contributed by atoms with E-state index in [2.05, 4.69) is 61.8 Å². The van der Waals surface area contributed by atoms with Crippen molar-refractivity contribution < 1.29 is 0 Å². The topological polar surface area (TPSA) is 43.6 Å². The largest absolute Gasteiger partial charge is 0.196 e. The lowest BCUT2D eigenvalue weighted by molar-refractivity contribution is 0.637. The number of hydrogen-bond donors (Lipinski definition) is 0. The van der Waals surface area contributed by atoms with Crippen LogP contribution in [0.2, 0.25) is 0 Å². The van der Waals surface area contributed by atoms with Crippen molar-refractivity contribution in [2.75, 3.05) is 0 Å². The highest BCUT2D eigenvalue weighted by atomic mass is 79.9. The van der Waals surface area contributed by atoms with Gasteiger partial charge in [0.05, 0.1) is 5.69 Å². The van der Waals surface area contributed by atoms with Crippen LogP contribution >= 0.6 is 15.9 Å². The maximum absolute atomic E-state index is 4.29. The molecule has 5 heteroatoms.